The number of amides is 1. The first-order valence-corrected chi connectivity index (χ1v) is 12.8. The number of halogens is 2. The Morgan fingerprint density at radius 1 is 1.24 bits per heavy atom. The van der Waals surface area contributed by atoms with Crippen LogP contribution in [0.5, 0.6) is 5.75 Å². The molecule has 3 rings (SSSR count). The highest BCUT2D eigenvalue weighted by Crippen LogP contribution is 2.33. The van der Waals surface area contributed by atoms with Crippen LogP contribution in [0.4, 0.5) is 27.9 Å². The van der Waals surface area contributed by atoms with Crippen molar-refractivity contribution in [2.75, 3.05) is 29.6 Å². The minimum absolute atomic E-state index is 0.213. The molecule has 0 aliphatic rings. The fourth-order valence-corrected chi connectivity index (χ4v) is 4.03. The molecule has 0 aliphatic heterocycles. The first kappa shape index (κ1) is 30.7. The predicted molar refractivity (Wildman–Crippen MR) is 157 cm³/mol. The lowest BCUT2D eigenvalue weighted by Gasteiger charge is -2.21. The number of aromatic nitrogens is 4. The van der Waals surface area contributed by atoms with Gasteiger partial charge in [0, 0.05) is 30.4 Å². The van der Waals surface area contributed by atoms with E-state index < -0.39 is 6.09 Å². The van der Waals surface area contributed by atoms with Crippen LogP contribution in [-0.2, 0) is 12.0 Å². The average Bonchev–Trinajstić information content (AvgIpc) is 3.29. The molecule has 3 aromatic rings. The zero-order valence-electron chi connectivity index (χ0n) is 21.9. The van der Waals surface area contributed by atoms with Crippen LogP contribution < -0.4 is 20.7 Å². The standard InChI is InChI=1S/C18H25ClN6.C8H8BrNO3/c1-6-8-10-25-12-13(11-21-25)22-17-23-15(18(3,4)5)14(19)16(24-17)20-9-7-2;1-13-7-3-2-5(4-6(7)9)10-8(11)12/h6-7,11-12H,1-2,8-10H2,3-5H3,(H2,20,22,23,24);2-4,10H,1H3,(H,11,12). The average molecular weight is 607 g/mol. The van der Waals surface area contributed by atoms with E-state index in [1.807, 2.05) is 17.0 Å². The van der Waals surface area contributed by atoms with Gasteiger partial charge >= 0.3 is 6.09 Å². The lowest BCUT2D eigenvalue weighted by Crippen LogP contribution is -2.18. The van der Waals surface area contributed by atoms with Crippen LogP contribution in [0.15, 0.2) is 60.4 Å². The van der Waals surface area contributed by atoms with E-state index in [4.69, 9.17) is 21.4 Å². The van der Waals surface area contributed by atoms with Gasteiger partial charge in [0.15, 0.2) is 5.82 Å². The van der Waals surface area contributed by atoms with Crippen LogP contribution in [0.3, 0.4) is 0 Å². The molecule has 0 atom stereocenters. The normalized spacial score (nSPS) is 10.6. The maximum absolute atomic E-state index is 10.3. The Bertz CT molecular complexity index is 1260. The monoisotopic (exact) mass is 605 g/mol. The Kier molecular flexibility index (Phi) is 11.6. The number of carbonyl (C=O) groups is 1. The van der Waals surface area contributed by atoms with E-state index in [0.717, 1.165) is 24.3 Å². The summed E-state index contributed by atoms with van der Waals surface area (Å²) in [6.07, 6.45) is 7.06. The number of nitrogens with one attached hydrogen (secondary N) is 3. The van der Waals surface area contributed by atoms with Crippen molar-refractivity contribution in [2.45, 2.75) is 39.2 Å². The third-order valence-corrected chi connectivity index (χ3v) is 5.81. The predicted octanol–water partition coefficient (Wildman–Crippen LogP) is 7.09. The molecule has 1 amide bonds. The molecular formula is C26H33BrClN7O3. The van der Waals surface area contributed by atoms with Crippen molar-refractivity contribution >= 4 is 56.8 Å². The maximum Gasteiger partial charge on any atom is 0.409 e. The molecule has 10 nitrogen and oxygen atoms in total. The van der Waals surface area contributed by atoms with Crippen LogP contribution in [0.2, 0.25) is 5.02 Å². The van der Waals surface area contributed by atoms with E-state index in [1.54, 1.807) is 37.6 Å². The molecular weight excluding hydrogens is 574 g/mol. The Morgan fingerprint density at radius 3 is 2.55 bits per heavy atom. The number of rotatable bonds is 10. The number of methoxy groups -OCH3 is 1. The fraction of sp³-hybridized carbons (Fsp3) is 0.308. The Balaban J connectivity index is 0.000000328. The summed E-state index contributed by atoms with van der Waals surface area (Å²) < 4.78 is 7.54. The first-order valence-electron chi connectivity index (χ1n) is 11.6. The van der Waals surface area contributed by atoms with Crippen molar-refractivity contribution in [3.63, 3.8) is 0 Å². The number of aryl methyl sites for hydroxylation is 1. The fourth-order valence-electron chi connectivity index (χ4n) is 3.06. The number of anilines is 4. The number of hydrogen-bond donors (Lipinski definition) is 4. The lowest BCUT2D eigenvalue weighted by atomic mass is 9.92. The van der Waals surface area contributed by atoms with Gasteiger partial charge in [-0.15, -0.1) is 13.2 Å². The van der Waals surface area contributed by atoms with Crippen molar-refractivity contribution in [3.05, 3.63) is 71.1 Å². The SMILES string of the molecule is C=CCCn1cc(Nc2nc(NCC=C)c(Cl)c(C(C)(C)C)n2)cn1.COc1ccc(NC(=O)O)cc1Br. The molecule has 0 spiro atoms. The van der Waals surface area contributed by atoms with Gasteiger partial charge < -0.3 is 20.5 Å². The van der Waals surface area contributed by atoms with Gasteiger partial charge in [-0.05, 0) is 40.5 Å². The van der Waals surface area contributed by atoms with E-state index in [1.165, 1.54) is 0 Å². The van der Waals surface area contributed by atoms with Gasteiger partial charge in [0.2, 0.25) is 5.95 Å². The van der Waals surface area contributed by atoms with Gasteiger partial charge in [0.1, 0.15) is 10.8 Å². The second-order valence-electron chi connectivity index (χ2n) is 8.95. The van der Waals surface area contributed by atoms with E-state index >= 15 is 0 Å². The minimum Gasteiger partial charge on any atom is -0.496 e. The zero-order valence-corrected chi connectivity index (χ0v) is 24.2. The van der Waals surface area contributed by atoms with Crippen LogP contribution in [-0.4, -0.2) is 44.6 Å². The zero-order chi connectivity index (χ0) is 28.3. The number of benzene rings is 1. The van der Waals surface area contributed by atoms with Crippen LogP contribution >= 0.6 is 27.5 Å². The molecule has 2 heterocycles. The summed E-state index contributed by atoms with van der Waals surface area (Å²) in [7, 11) is 1.55. The summed E-state index contributed by atoms with van der Waals surface area (Å²) in [5.74, 6) is 1.73. The highest BCUT2D eigenvalue weighted by atomic mass is 79.9. The molecule has 0 aliphatic carbocycles. The molecule has 0 unspecified atom stereocenters. The molecule has 0 fully saturated rings. The molecule has 0 saturated carbocycles. The van der Waals surface area contributed by atoms with Crippen molar-refractivity contribution in [1.29, 1.82) is 0 Å². The van der Waals surface area contributed by atoms with Gasteiger partial charge in [-0.1, -0.05) is 44.5 Å². The highest BCUT2D eigenvalue weighted by molar-refractivity contribution is 9.10. The van der Waals surface area contributed by atoms with E-state index in [2.05, 4.69) is 80.9 Å². The van der Waals surface area contributed by atoms with E-state index in [0.29, 0.717) is 39.2 Å². The second kappa shape index (κ2) is 14.4. The van der Waals surface area contributed by atoms with Crippen LogP contribution in [0, 0.1) is 0 Å². The van der Waals surface area contributed by atoms with Gasteiger partial charge in [0.05, 0.1) is 29.2 Å². The smallest absolute Gasteiger partial charge is 0.409 e. The summed E-state index contributed by atoms with van der Waals surface area (Å²) in [5.41, 5.74) is 1.88. The number of hydrogen-bond acceptors (Lipinski definition) is 7. The molecule has 0 radical (unpaired) electrons. The first-order chi connectivity index (χ1) is 18.0. The van der Waals surface area contributed by atoms with Crippen molar-refractivity contribution in [1.82, 2.24) is 19.7 Å². The summed E-state index contributed by atoms with van der Waals surface area (Å²) in [5, 5.41) is 21.9. The maximum atomic E-state index is 10.3. The lowest BCUT2D eigenvalue weighted by molar-refractivity contribution is 0.209. The number of nitrogens with zero attached hydrogens (tertiary/aromatic N) is 4. The molecule has 204 valence electrons. The Hall–Kier alpha value is -3.57. The van der Waals surface area contributed by atoms with E-state index in [9.17, 15) is 4.79 Å². The summed E-state index contributed by atoms with van der Waals surface area (Å²) in [6, 6.07) is 4.93. The highest BCUT2D eigenvalue weighted by Gasteiger charge is 2.23. The minimum atomic E-state index is -1.09. The summed E-state index contributed by atoms with van der Waals surface area (Å²) in [6.45, 7) is 15.0. The summed E-state index contributed by atoms with van der Waals surface area (Å²) in [4.78, 5) is 19.4. The van der Waals surface area contributed by atoms with Gasteiger partial charge in [-0.2, -0.15) is 10.1 Å². The second-order valence-corrected chi connectivity index (χ2v) is 10.2. The van der Waals surface area contributed by atoms with Gasteiger partial charge in [-0.3, -0.25) is 10.00 Å². The van der Waals surface area contributed by atoms with Crippen molar-refractivity contribution in [2.24, 2.45) is 0 Å². The summed E-state index contributed by atoms with van der Waals surface area (Å²) >= 11 is 9.73. The Labute approximate surface area is 236 Å². The molecule has 0 saturated heterocycles. The number of carboxylic acid groups (broad SMARTS) is 1. The number of allylic oxidation sites excluding steroid dienone is 1. The largest absolute Gasteiger partial charge is 0.496 e. The topological polar surface area (TPSA) is 126 Å². The van der Waals surface area contributed by atoms with E-state index in [-0.39, 0.29) is 5.41 Å². The molecule has 0 bridgehead atoms. The van der Waals surface area contributed by atoms with Gasteiger partial charge in [0.25, 0.3) is 0 Å². The molecule has 38 heavy (non-hydrogen) atoms. The third kappa shape index (κ3) is 9.38. The Morgan fingerprint density at radius 2 is 1.97 bits per heavy atom. The quantitative estimate of drug-likeness (QED) is 0.180. The molecule has 1 aromatic carbocycles. The van der Waals surface area contributed by atoms with Crippen molar-refractivity contribution in [3.8, 4) is 5.75 Å². The van der Waals surface area contributed by atoms with Crippen molar-refractivity contribution < 1.29 is 14.6 Å². The third-order valence-electron chi connectivity index (χ3n) is 4.83. The molecule has 4 N–H and O–H groups in total. The number of ether oxygens (including phenoxy) is 1. The molecule has 12 heteroatoms. The van der Waals surface area contributed by atoms with Crippen LogP contribution in [0.25, 0.3) is 0 Å². The van der Waals surface area contributed by atoms with Crippen LogP contribution in [0.1, 0.15) is 32.9 Å². The van der Waals surface area contributed by atoms with Gasteiger partial charge in [-0.25, -0.2) is 9.78 Å². The molecule has 2 aromatic heterocycles.